The van der Waals surface area contributed by atoms with Gasteiger partial charge in [0, 0.05) is 13.0 Å². The molecule has 1 aromatic rings. The number of carbonyl (C=O) groups excluding carboxylic acids is 2. The molecule has 2 heterocycles. The minimum atomic E-state index is -0.189. The zero-order chi connectivity index (χ0) is 12.3. The Morgan fingerprint density at radius 3 is 3.06 bits per heavy atom. The van der Waals surface area contributed by atoms with Crippen LogP contribution in [0.3, 0.4) is 0 Å². The lowest BCUT2D eigenvalue weighted by Gasteiger charge is -2.27. The summed E-state index contributed by atoms with van der Waals surface area (Å²) < 4.78 is 0. The molecule has 2 amide bonds. The van der Waals surface area contributed by atoms with E-state index in [0.29, 0.717) is 12.0 Å². The van der Waals surface area contributed by atoms with Crippen LogP contribution < -0.4 is 5.32 Å². The molecular formula is C12H15N2O2S. The minimum absolute atomic E-state index is 0.131. The fraction of sp³-hybridized carbons (Fsp3) is 0.500. The maximum Gasteiger partial charge on any atom is 0.254 e. The second kappa shape index (κ2) is 5.31. The van der Waals surface area contributed by atoms with Gasteiger partial charge in [-0.25, -0.2) is 0 Å². The maximum absolute atomic E-state index is 11.9. The third kappa shape index (κ3) is 2.66. The SMILES string of the molecule is CCC(NC(=O)c1[c]scc1)N1CCCC1=O. The highest BCUT2D eigenvalue weighted by Gasteiger charge is 2.27. The molecule has 1 atom stereocenters. The number of rotatable bonds is 4. The molecule has 0 saturated carbocycles. The second-order valence-electron chi connectivity index (χ2n) is 4.02. The molecule has 1 unspecified atom stereocenters. The predicted octanol–water partition coefficient (Wildman–Crippen LogP) is 1.64. The fourth-order valence-electron chi connectivity index (χ4n) is 1.98. The van der Waals surface area contributed by atoms with Crippen molar-refractivity contribution in [3.63, 3.8) is 0 Å². The van der Waals surface area contributed by atoms with Crippen LogP contribution in [-0.2, 0) is 4.79 Å². The molecule has 0 bridgehead atoms. The van der Waals surface area contributed by atoms with Gasteiger partial charge in [0.05, 0.1) is 10.9 Å². The van der Waals surface area contributed by atoms with Crippen molar-refractivity contribution in [3.8, 4) is 0 Å². The molecule has 91 valence electrons. The summed E-state index contributed by atoms with van der Waals surface area (Å²) in [5, 5.41) is 7.59. The van der Waals surface area contributed by atoms with Crippen LogP contribution >= 0.6 is 11.3 Å². The number of likely N-dealkylation sites (tertiary alicyclic amines) is 1. The number of nitrogens with zero attached hydrogens (tertiary/aromatic N) is 1. The van der Waals surface area contributed by atoms with E-state index in [9.17, 15) is 9.59 Å². The van der Waals surface area contributed by atoms with Gasteiger partial charge in [0.1, 0.15) is 6.17 Å². The molecule has 5 heteroatoms. The third-order valence-corrected chi connectivity index (χ3v) is 3.50. The van der Waals surface area contributed by atoms with Crippen molar-refractivity contribution in [2.45, 2.75) is 32.4 Å². The Bertz CT molecular complexity index is 403. The zero-order valence-electron chi connectivity index (χ0n) is 9.73. The van der Waals surface area contributed by atoms with Crippen molar-refractivity contribution in [2.75, 3.05) is 6.54 Å². The lowest BCUT2D eigenvalue weighted by atomic mass is 10.2. The van der Waals surface area contributed by atoms with Gasteiger partial charge >= 0.3 is 0 Å². The normalized spacial score (nSPS) is 17.2. The molecule has 1 aromatic heterocycles. The average Bonchev–Trinajstić information content (AvgIpc) is 2.96. The van der Waals surface area contributed by atoms with Crippen LogP contribution in [0.25, 0.3) is 0 Å². The van der Waals surface area contributed by atoms with Crippen molar-refractivity contribution < 1.29 is 9.59 Å². The largest absolute Gasteiger partial charge is 0.332 e. The Morgan fingerprint density at radius 1 is 1.71 bits per heavy atom. The first-order valence-corrected chi connectivity index (χ1v) is 6.66. The maximum atomic E-state index is 11.9. The topological polar surface area (TPSA) is 49.4 Å². The summed E-state index contributed by atoms with van der Waals surface area (Å²) in [6, 6.07) is 1.73. The van der Waals surface area contributed by atoms with E-state index < -0.39 is 0 Å². The lowest BCUT2D eigenvalue weighted by Crippen LogP contribution is -2.48. The van der Waals surface area contributed by atoms with Crippen molar-refractivity contribution in [1.29, 1.82) is 0 Å². The summed E-state index contributed by atoms with van der Waals surface area (Å²) >= 11 is 1.37. The van der Waals surface area contributed by atoms with Crippen LogP contribution in [-0.4, -0.2) is 29.4 Å². The number of hydrogen-bond acceptors (Lipinski definition) is 3. The summed E-state index contributed by atoms with van der Waals surface area (Å²) in [4.78, 5) is 25.2. The van der Waals surface area contributed by atoms with E-state index in [4.69, 9.17) is 0 Å². The van der Waals surface area contributed by atoms with Crippen molar-refractivity contribution in [2.24, 2.45) is 0 Å². The summed E-state index contributed by atoms with van der Waals surface area (Å²) in [6.07, 6.45) is 2.01. The molecule has 2 rings (SSSR count). The molecule has 1 N–H and O–H groups in total. The van der Waals surface area contributed by atoms with Crippen LogP contribution in [0.5, 0.6) is 0 Å². The molecule has 17 heavy (non-hydrogen) atoms. The summed E-state index contributed by atoms with van der Waals surface area (Å²) in [7, 11) is 0. The predicted molar refractivity (Wildman–Crippen MR) is 65.6 cm³/mol. The van der Waals surface area contributed by atoms with Gasteiger partial charge in [-0.2, -0.15) is 0 Å². The van der Waals surface area contributed by atoms with E-state index in [1.807, 2.05) is 12.3 Å². The number of hydrogen-bond donors (Lipinski definition) is 1. The van der Waals surface area contributed by atoms with Crippen LogP contribution in [0.15, 0.2) is 11.4 Å². The van der Waals surface area contributed by atoms with E-state index in [1.165, 1.54) is 11.3 Å². The van der Waals surface area contributed by atoms with Crippen LogP contribution in [0.4, 0.5) is 0 Å². The molecular weight excluding hydrogens is 236 g/mol. The van der Waals surface area contributed by atoms with Crippen LogP contribution in [0, 0.1) is 5.38 Å². The Hall–Kier alpha value is -1.36. The van der Waals surface area contributed by atoms with Crippen molar-refractivity contribution >= 4 is 23.2 Å². The first-order valence-electron chi connectivity index (χ1n) is 5.78. The zero-order valence-corrected chi connectivity index (χ0v) is 10.5. The monoisotopic (exact) mass is 251 g/mol. The van der Waals surface area contributed by atoms with E-state index in [-0.39, 0.29) is 18.0 Å². The van der Waals surface area contributed by atoms with Crippen LogP contribution in [0.2, 0.25) is 0 Å². The molecule has 1 radical (unpaired) electrons. The Morgan fingerprint density at radius 2 is 2.53 bits per heavy atom. The van der Waals surface area contributed by atoms with Crippen molar-refractivity contribution in [1.82, 2.24) is 10.2 Å². The number of thiophene rings is 1. The molecule has 4 nitrogen and oxygen atoms in total. The third-order valence-electron chi connectivity index (χ3n) is 2.89. The molecule has 0 aliphatic carbocycles. The summed E-state index contributed by atoms with van der Waals surface area (Å²) in [5.74, 6) is -0.0238. The van der Waals surface area contributed by atoms with Crippen molar-refractivity contribution in [3.05, 3.63) is 22.4 Å². The smallest absolute Gasteiger partial charge is 0.254 e. The van der Waals surface area contributed by atoms with Gasteiger partial charge in [0.25, 0.3) is 5.91 Å². The van der Waals surface area contributed by atoms with Gasteiger partial charge in [-0.3, -0.25) is 9.59 Å². The van der Waals surface area contributed by atoms with E-state index in [1.54, 1.807) is 11.0 Å². The van der Waals surface area contributed by atoms with Gasteiger partial charge in [0.2, 0.25) is 5.91 Å². The van der Waals surface area contributed by atoms with Gasteiger partial charge < -0.3 is 10.2 Å². The molecule has 0 aromatic carbocycles. The lowest BCUT2D eigenvalue weighted by molar-refractivity contribution is -0.130. The molecule has 0 spiro atoms. The number of nitrogens with one attached hydrogen (secondary N) is 1. The van der Waals surface area contributed by atoms with Gasteiger partial charge in [-0.1, -0.05) is 6.92 Å². The average molecular weight is 251 g/mol. The molecule has 1 fully saturated rings. The quantitative estimate of drug-likeness (QED) is 0.884. The first kappa shape index (κ1) is 12.1. The summed E-state index contributed by atoms with van der Waals surface area (Å²) in [5.41, 5.74) is 0.542. The highest BCUT2D eigenvalue weighted by Crippen LogP contribution is 2.15. The van der Waals surface area contributed by atoms with E-state index in [0.717, 1.165) is 19.4 Å². The minimum Gasteiger partial charge on any atom is -0.332 e. The molecule has 1 saturated heterocycles. The van der Waals surface area contributed by atoms with Gasteiger partial charge in [0.15, 0.2) is 0 Å². The van der Waals surface area contributed by atoms with Crippen LogP contribution in [0.1, 0.15) is 36.5 Å². The molecule has 1 aliphatic heterocycles. The second-order valence-corrected chi connectivity index (χ2v) is 4.74. The first-order chi connectivity index (χ1) is 8.22. The Labute approximate surface area is 105 Å². The number of carbonyl (C=O) groups is 2. The Balaban J connectivity index is 2.00. The standard InChI is InChI=1S/C12H15N2O2S/c1-2-10(14-6-3-4-11(14)15)13-12(16)9-5-7-17-8-9/h5,7,10H,2-4,6H2,1H3,(H,13,16). The fourth-order valence-corrected chi connectivity index (χ4v) is 2.54. The van der Waals surface area contributed by atoms with Gasteiger partial charge in [-0.05, 0) is 24.3 Å². The van der Waals surface area contributed by atoms with E-state index in [2.05, 4.69) is 10.7 Å². The summed E-state index contributed by atoms with van der Waals surface area (Å²) in [6.45, 7) is 2.71. The van der Waals surface area contributed by atoms with E-state index >= 15 is 0 Å². The highest BCUT2D eigenvalue weighted by molar-refractivity contribution is 7.07. The highest BCUT2D eigenvalue weighted by atomic mass is 32.1. The Kier molecular flexibility index (Phi) is 3.78. The molecule has 1 aliphatic rings. The number of amides is 2. The van der Waals surface area contributed by atoms with Gasteiger partial charge in [-0.15, -0.1) is 11.3 Å².